The van der Waals surface area contributed by atoms with Gasteiger partial charge >= 0.3 is 0 Å². The number of nitrogens with one attached hydrogen (secondary N) is 1. The summed E-state index contributed by atoms with van der Waals surface area (Å²) in [7, 11) is 1.80. The van der Waals surface area contributed by atoms with Crippen LogP contribution in [0.3, 0.4) is 0 Å². The molecule has 2 heteroatoms. The van der Waals surface area contributed by atoms with Crippen LogP contribution in [0.2, 0.25) is 0 Å². The van der Waals surface area contributed by atoms with E-state index in [9.17, 15) is 0 Å². The SMILES string of the molecule is CCCNCC1(c2cc(C)ccc2OC)CCCCCC1. The Morgan fingerprint density at radius 3 is 2.48 bits per heavy atom. The highest BCUT2D eigenvalue weighted by molar-refractivity contribution is 5.43. The number of rotatable bonds is 6. The normalized spacial score (nSPS) is 18.2. The first-order valence-corrected chi connectivity index (χ1v) is 8.58. The minimum absolute atomic E-state index is 0.253. The molecule has 0 bridgehead atoms. The maximum atomic E-state index is 5.70. The Morgan fingerprint density at radius 1 is 1.14 bits per heavy atom. The molecule has 0 radical (unpaired) electrons. The molecule has 1 fully saturated rings. The third-order valence-electron chi connectivity index (χ3n) is 4.88. The molecule has 0 aromatic heterocycles. The average molecular weight is 289 g/mol. The van der Waals surface area contributed by atoms with Gasteiger partial charge in [0.25, 0.3) is 0 Å². The van der Waals surface area contributed by atoms with Crippen molar-refractivity contribution in [2.45, 2.75) is 64.2 Å². The van der Waals surface area contributed by atoms with Crippen molar-refractivity contribution in [1.29, 1.82) is 0 Å². The Hall–Kier alpha value is -1.02. The zero-order valence-corrected chi connectivity index (χ0v) is 14.0. The molecule has 0 aliphatic heterocycles. The summed E-state index contributed by atoms with van der Waals surface area (Å²) < 4.78 is 5.70. The molecule has 0 saturated heterocycles. The van der Waals surface area contributed by atoms with E-state index in [1.165, 1.54) is 56.1 Å². The number of methoxy groups -OCH3 is 1. The maximum Gasteiger partial charge on any atom is 0.122 e. The van der Waals surface area contributed by atoms with Gasteiger partial charge in [-0.15, -0.1) is 0 Å². The largest absolute Gasteiger partial charge is 0.496 e. The van der Waals surface area contributed by atoms with Crippen molar-refractivity contribution in [3.05, 3.63) is 29.3 Å². The van der Waals surface area contributed by atoms with Crippen LogP contribution in [0.1, 0.15) is 63.0 Å². The zero-order valence-electron chi connectivity index (χ0n) is 14.0. The Morgan fingerprint density at radius 2 is 1.86 bits per heavy atom. The molecule has 0 heterocycles. The molecule has 1 aliphatic carbocycles. The number of aryl methyl sites for hydroxylation is 1. The maximum absolute atomic E-state index is 5.70. The van der Waals surface area contributed by atoms with Gasteiger partial charge in [0.15, 0.2) is 0 Å². The Balaban J connectivity index is 2.35. The van der Waals surface area contributed by atoms with Gasteiger partial charge in [-0.05, 0) is 38.8 Å². The van der Waals surface area contributed by atoms with Crippen molar-refractivity contribution in [1.82, 2.24) is 5.32 Å². The highest BCUT2D eigenvalue weighted by atomic mass is 16.5. The Kier molecular flexibility index (Phi) is 6.10. The fraction of sp³-hybridized carbons (Fsp3) is 0.684. The number of hydrogen-bond acceptors (Lipinski definition) is 2. The van der Waals surface area contributed by atoms with Gasteiger partial charge in [-0.3, -0.25) is 0 Å². The molecule has 2 nitrogen and oxygen atoms in total. The van der Waals surface area contributed by atoms with Crippen molar-refractivity contribution in [2.24, 2.45) is 0 Å². The van der Waals surface area contributed by atoms with Gasteiger partial charge in [-0.1, -0.05) is 50.3 Å². The standard InChI is InChI=1S/C19H31NO/c1-4-13-20-15-19(11-7-5-6-8-12-19)17-14-16(2)9-10-18(17)21-3/h9-10,14,20H,4-8,11-13,15H2,1-3H3. The molecule has 0 unspecified atom stereocenters. The summed E-state index contributed by atoms with van der Waals surface area (Å²) >= 11 is 0. The van der Waals surface area contributed by atoms with E-state index in [1.54, 1.807) is 7.11 Å². The van der Waals surface area contributed by atoms with E-state index in [4.69, 9.17) is 4.74 Å². The van der Waals surface area contributed by atoms with Crippen molar-refractivity contribution in [3.8, 4) is 5.75 Å². The lowest BCUT2D eigenvalue weighted by Crippen LogP contribution is -2.38. The summed E-state index contributed by atoms with van der Waals surface area (Å²) in [6.07, 6.45) is 9.19. The van der Waals surface area contributed by atoms with E-state index in [2.05, 4.69) is 37.4 Å². The smallest absolute Gasteiger partial charge is 0.122 e. The Bertz CT molecular complexity index is 433. The molecule has 1 aliphatic rings. The monoisotopic (exact) mass is 289 g/mol. The molecular formula is C19H31NO. The van der Waals surface area contributed by atoms with Crippen molar-refractivity contribution in [3.63, 3.8) is 0 Å². The third-order valence-corrected chi connectivity index (χ3v) is 4.88. The average Bonchev–Trinajstić information content (AvgIpc) is 2.74. The van der Waals surface area contributed by atoms with Crippen LogP contribution < -0.4 is 10.1 Å². The molecule has 1 aromatic rings. The van der Waals surface area contributed by atoms with Crippen LogP contribution >= 0.6 is 0 Å². The van der Waals surface area contributed by atoms with Crippen molar-refractivity contribution in [2.75, 3.05) is 20.2 Å². The van der Waals surface area contributed by atoms with Gasteiger partial charge < -0.3 is 10.1 Å². The van der Waals surface area contributed by atoms with Crippen LogP contribution in [0.5, 0.6) is 5.75 Å². The lowest BCUT2D eigenvalue weighted by Gasteiger charge is -2.35. The summed E-state index contributed by atoms with van der Waals surface area (Å²) in [4.78, 5) is 0. The van der Waals surface area contributed by atoms with Gasteiger partial charge in [0.1, 0.15) is 5.75 Å². The van der Waals surface area contributed by atoms with Crippen LogP contribution in [0, 0.1) is 6.92 Å². The van der Waals surface area contributed by atoms with Crippen LogP contribution in [0.4, 0.5) is 0 Å². The topological polar surface area (TPSA) is 21.3 Å². The molecule has 1 N–H and O–H groups in total. The summed E-state index contributed by atoms with van der Waals surface area (Å²) in [5, 5.41) is 3.69. The van der Waals surface area contributed by atoms with Crippen LogP contribution in [-0.4, -0.2) is 20.2 Å². The molecule has 21 heavy (non-hydrogen) atoms. The van der Waals surface area contributed by atoms with Crippen molar-refractivity contribution >= 4 is 0 Å². The molecule has 0 atom stereocenters. The predicted octanol–water partition coefficient (Wildman–Crippen LogP) is 4.60. The van der Waals surface area contributed by atoms with Gasteiger partial charge in [0.05, 0.1) is 7.11 Å². The second kappa shape index (κ2) is 7.84. The first-order chi connectivity index (χ1) is 10.2. The molecule has 0 amide bonds. The summed E-state index contributed by atoms with van der Waals surface area (Å²) in [5.74, 6) is 1.07. The molecule has 118 valence electrons. The van der Waals surface area contributed by atoms with E-state index in [0.717, 1.165) is 18.8 Å². The molecule has 0 spiro atoms. The summed E-state index contributed by atoms with van der Waals surface area (Å²) in [6, 6.07) is 6.67. The minimum Gasteiger partial charge on any atom is -0.496 e. The second-order valence-electron chi connectivity index (χ2n) is 6.58. The van der Waals surface area contributed by atoms with E-state index in [0.29, 0.717) is 0 Å². The van der Waals surface area contributed by atoms with E-state index in [1.807, 2.05) is 0 Å². The quantitative estimate of drug-likeness (QED) is 0.610. The lowest BCUT2D eigenvalue weighted by molar-refractivity contribution is 0.325. The first-order valence-electron chi connectivity index (χ1n) is 8.58. The minimum atomic E-state index is 0.253. The highest BCUT2D eigenvalue weighted by Crippen LogP contribution is 2.42. The number of benzene rings is 1. The van der Waals surface area contributed by atoms with E-state index in [-0.39, 0.29) is 5.41 Å². The van der Waals surface area contributed by atoms with Crippen molar-refractivity contribution < 1.29 is 4.74 Å². The van der Waals surface area contributed by atoms with E-state index >= 15 is 0 Å². The summed E-state index contributed by atoms with van der Waals surface area (Å²) in [6.45, 7) is 6.61. The van der Waals surface area contributed by atoms with Crippen LogP contribution in [0.25, 0.3) is 0 Å². The van der Waals surface area contributed by atoms with Gasteiger partial charge in [-0.2, -0.15) is 0 Å². The Labute approximate surface area is 130 Å². The number of hydrogen-bond donors (Lipinski definition) is 1. The van der Waals surface area contributed by atoms with Gasteiger partial charge in [0.2, 0.25) is 0 Å². The first kappa shape index (κ1) is 16.4. The summed E-state index contributed by atoms with van der Waals surface area (Å²) in [5.41, 5.74) is 3.02. The molecule has 2 rings (SSSR count). The molecular weight excluding hydrogens is 258 g/mol. The molecule has 1 saturated carbocycles. The highest BCUT2D eigenvalue weighted by Gasteiger charge is 2.34. The van der Waals surface area contributed by atoms with Crippen LogP contribution in [0.15, 0.2) is 18.2 Å². The fourth-order valence-electron chi connectivity index (χ4n) is 3.69. The second-order valence-corrected chi connectivity index (χ2v) is 6.58. The zero-order chi connectivity index (χ0) is 15.1. The van der Waals surface area contributed by atoms with Gasteiger partial charge in [0, 0.05) is 17.5 Å². The fourth-order valence-corrected chi connectivity index (χ4v) is 3.69. The third kappa shape index (κ3) is 4.00. The predicted molar refractivity (Wildman–Crippen MR) is 90.3 cm³/mol. The van der Waals surface area contributed by atoms with E-state index < -0.39 is 0 Å². The molecule has 1 aromatic carbocycles. The van der Waals surface area contributed by atoms with Crippen LogP contribution in [-0.2, 0) is 5.41 Å². The van der Waals surface area contributed by atoms with Gasteiger partial charge in [-0.25, -0.2) is 0 Å². The number of ether oxygens (including phenoxy) is 1. The lowest BCUT2D eigenvalue weighted by atomic mass is 9.73.